The summed E-state index contributed by atoms with van der Waals surface area (Å²) in [6, 6.07) is 10.2. The Bertz CT molecular complexity index is 912. The molecule has 1 aromatic carbocycles. The molecule has 2 fully saturated rings. The van der Waals surface area contributed by atoms with Gasteiger partial charge in [0.2, 0.25) is 5.91 Å². The van der Waals surface area contributed by atoms with Crippen LogP contribution in [0.15, 0.2) is 36.5 Å². The van der Waals surface area contributed by atoms with Crippen LogP contribution in [0.2, 0.25) is 0 Å². The molecule has 1 aromatic heterocycles. The molecule has 1 unspecified atom stereocenters. The molecule has 3 heterocycles. The van der Waals surface area contributed by atoms with Gasteiger partial charge in [0.15, 0.2) is 0 Å². The molecule has 0 aliphatic carbocycles. The number of likely N-dealkylation sites (tertiary alicyclic amines) is 1. The van der Waals surface area contributed by atoms with E-state index in [1.54, 1.807) is 15.8 Å². The molecule has 2 aliphatic heterocycles. The fraction of sp³-hybridized carbons (Fsp3) is 0.500. The molecule has 2 N–H and O–H groups in total. The number of urea groups is 1. The first-order chi connectivity index (χ1) is 13.7. The van der Waals surface area contributed by atoms with E-state index in [-0.39, 0.29) is 22.8 Å². The van der Waals surface area contributed by atoms with Crippen molar-refractivity contribution < 1.29 is 9.59 Å². The standard InChI is InChI=1S/C22H29N5O2/c1-21(2,3)17-6-4-16(5-7-17)13-27-18(8-10-24-27)25-20(29)26-11-9-22(15-26)12-19(28)23-14-22/h4-8,10H,9,11-15H2,1-3H3,(H,23,28)(H,25,29). The van der Waals surface area contributed by atoms with E-state index < -0.39 is 0 Å². The van der Waals surface area contributed by atoms with Crippen molar-refractivity contribution in [1.82, 2.24) is 20.0 Å². The van der Waals surface area contributed by atoms with E-state index in [0.717, 1.165) is 12.0 Å². The van der Waals surface area contributed by atoms with Gasteiger partial charge >= 0.3 is 6.03 Å². The highest BCUT2D eigenvalue weighted by Crippen LogP contribution is 2.36. The second-order valence-electron chi connectivity index (χ2n) is 9.38. The fourth-order valence-corrected chi connectivity index (χ4v) is 4.19. The minimum Gasteiger partial charge on any atom is -0.355 e. The number of carbonyl (C=O) groups is 2. The molecule has 0 saturated carbocycles. The van der Waals surface area contributed by atoms with Crippen molar-refractivity contribution in [3.05, 3.63) is 47.7 Å². The summed E-state index contributed by atoms with van der Waals surface area (Å²) >= 11 is 0. The first-order valence-corrected chi connectivity index (χ1v) is 10.2. The average Bonchev–Trinajstić information content (AvgIpc) is 3.37. The maximum atomic E-state index is 12.8. The van der Waals surface area contributed by atoms with Gasteiger partial charge in [0.05, 0.1) is 12.7 Å². The lowest BCUT2D eigenvalue weighted by molar-refractivity contribution is -0.119. The van der Waals surface area contributed by atoms with Crippen LogP contribution in [0.3, 0.4) is 0 Å². The summed E-state index contributed by atoms with van der Waals surface area (Å²) in [4.78, 5) is 26.2. The van der Waals surface area contributed by atoms with Crippen molar-refractivity contribution in [1.29, 1.82) is 0 Å². The third-order valence-corrected chi connectivity index (χ3v) is 6.03. The molecular weight excluding hydrogens is 366 g/mol. The number of hydrogen-bond donors (Lipinski definition) is 2. The molecule has 2 saturated heterocycles. The zero-order chi connectivity index (χ0) is 20.6. The Morgan fingerprint density at radius 3 is 2.66 bits per heavy atom. The van der Waals surface area contributed by atoms with Crippen molar-refractivity contribution in [3.8, 4) is 0 Å². The van der Waals surface area contributed by atoms with Crippen molar-refractivity contribution in [2.45, 2.75) is 45.6 Å². The molecule has 7 heteroatoms. The number of nitrogens with zero attached hydrogens (tertiary/aromatic N) is 3. The van der Waals surface area contributed by atoms with Crippen molar-refractivity contribution >= 4 is 17.8 Å². The molecule has 2 aromatic rings. The largest absolute Gasteiger partial charge is 0.355 e. The van der Waals surface area contributed by atoms with Gasteiger partial charge in [-0.2, -0.15) is 5.10 Å². The van der Waals surface area contributed by atoms with Crippen LogP contribution in [0.25, 0.3) is 0 Å². The van der Waals surface area contributed by atoms with Crippen LogP contribution >= 0.6 is 0 Å². The summed E-state index contributed by atoms with van der Waals surface area (Å²) in [6.45, 7) is 9.13. The Morgan fingerprint density at radius 2 is 2.00 bits per heavy atom. The molecule has 3 amide bonds. The van der Waals surface area contributed by atoms with Crippen LogP contribution in [0.5, 0.6) is 0 Å². The van der Waals surface area contributed by atoms with Crippen molar-refractivity contribution in [2.75, 3.05) is 25.0 Å². The number of benzene rings is 1. The Hall–Kier alpha value is -2.83. The summed E-state index contributed by atoms with van der Waals surface area (Å²) in [6.07, 6.45) is 3.07. The van der Waals surface area contributed by atoms with E-state index in [1.165, 1.54) is 5.56 Å². The second-order valence-corrected chi connectivity index (χ2v) is 9.38. The molecule has 1 spiro atoms. The highest BCUT2D eigenvalue weighted by Gasteiger charge is 2.45. The summed E-state index contributed by atoms with van der Waals surface area (Å²) in [7, 11) is 0. The smallest absolute Gasteiger partial charge is 0.323 e. The van der Waals surface area contributed by atoms with Crippen LogP contribution < -0.4 is 10.6 Å². The summed E-state index contributed by atoms with van der Waals surface area (Å²) in [5.74, 6) is 0.763. The predicted octanol–water partition coefficient (Wildman–Crippen LogP) is 2.97. The Labute approximate surface area is 171 Å². The fourth-order valence-electron chi connectivity index (χ4n) is 4.19. The summed E-state index contributed by atoms with van der Waals surface area (Å²) in [5, 5.41) is 10.3. The SMILES string of the molecule is CC(C)(C)c1ccc(Cn2nccc2NC(=O)N2CCC3(CNC(=O)C3)C2)cc1. The number of rotatable bonds is 3. The van der Waals surface area contributed by atoms with Crippen LogP contribution in [0, 0.1) is 5.41 Å². The van der Waals surface area contributed by atoms with Gasteiger partial charge in [0, 0.05) is 37.5 Å². The minimum atomic E-state index is -0.133. The molecule has 4 rings (SSSR count). The summed E-state index contributed by atoms with van der Waals surface area (Å²) < 4.78 is 1.80. The van der Waals surface area contributed by atoms with Crippen molar-refractivity contribution in [3.63, 3.8) is 0 Å². The number of carbonyl (C=O) groups excluding carboxylic acids is 2. The van der Waals surface area contributed by atoms with Gasteiger partial charge in [-0.05, 0) is 23.0 Å². The normalized spacial score (nSPS) is 21.6. The Balaban J connectivity index is 1.39. The molecule has 29 heavy (non-hydrogen) atoms. The maximum absolute atomic E-state index is 12.8. The molecule has 154 valence electrons. The molecule has 1 atom stereocenters. The van der Waals surface area contributed by atoms with Gasteiger partial charge in [-0.25, -0.2) is 9.48 Å². The lowest BCUT2D eigenvalue weighted by atomic mass is 9.86. The van der Waals surface area contributed by atoms with E-state index in [2.05, 4.69) is 60.8 Å². The average molecular weight is 396 g/mol. The van der Waals surface area contributed by atoms with Crippen LogP contribution in [0.1, 0.15) is 44.7 Å². The number of amides is 3. The molecular formula is C22H29N5O2. The number of anilines is 1. The van der Waals surface area contributed by atoms with Gasteiger partial charge in [0.1, 0.15) is 5.82 Å². The first kappa shape index (κ1) is 19.5. The number of nitrogens with one attached hydrogen (secondary N) is 2. The third-order valence-electron chi connectivity index (χ3n) is 6.03. The molecule has 7 nitrogen and oxygen atoms in total. The lowest BCUT2D eigenvalue weighted by Gasteiger charge is -2.22. The summed E-state index contributed by atoms with van der Waals surface area (Å²) in [5.41, 5.74) is 2.45. The van der Waals surface area contributed by atoms with Crippen LogP contribution in [-0.4, -0.2) is 46.3 Å². The molecule has 0 bridgehead atoms. The number of aromatic nitrogens is 2. The zero-order valence-corrected chi connectivity index (χ0v) is 17.4. The van der Waals surface area contributed by atoms with E-state index in [9.17, 15) is 9.59 Å². The molecule has 2 aliphatic rings. The third kappa shape index (κ3) is 4.13. The highest BCUT2D eigenvalue weighted by molar-refractivity contribution is 5.89. The van der Waals surface area contributed by atoms with E-state index >= 15 is 0 Å². The van der Waals surface area contributed by atoms with Crippen LogP contribution in [0.4, 0.5) is 10.6 Å². The van der Waals surface area contributed by atoms with Gasteiger partial charge in [-0.15, -0.1) is 0 Å². The van der Waals surface area contributed by atoms with Crippen LogP contribution in [-0.2, 0) is 16.8 Å². The van der Waals surface area contributed by atoms with Gasteiger partial charge in [-0.1, -0.05) is 45.0 Å². The maximum Gasteiger partial charge on any atom is 0.323 e. The van der Waals surface area contributed by atoms with Gasteiger partial charge in [-0.3, -0.25) is 10.1 Å². The first-order valence-electron chi connectivity index (χ1n) is 10.2. The van der Waals surface area contributed by atoms with Crippen molar-refractivity contribution in [2.24, 2.45) is 5.41 Å². The predicted molar refractivity (Wildman–Crippen MR) is 112 cm³/mol. The van der Waals surface area contributed by atoms with E-state index in [0.29, 0.717) is 38.4 Å². The number of hydrogen-bond acceptors (Lipinski definition) is 3. The van der Waals surface area contributed by atoms with E-state index in [1.807, 2.05) is 6.07 Å². The Kier molecular flexibility index (Phi) is 4.84. The zero-order valence-electron chi connectivity index (χ0n) is 17.4. The highest BCUT2D eigenvalue weighted by atomic mass is 16.2. The van der Waals surface area contributed by atoms with Gasteiger partial charge < -0.3 is 10.2 Å². The van der Waals surface area contributed by atoms with E-state index in [4.69, 9.17) is 0 Å². The lowest BCUT2D eigenvalue weighted by Crippen LogP contribution is -2.36. The van der Waals surface area contributed by atoms with Gasteiger partial charge in [0.25, 0.3) is 0 Å². The quantitative estimate of drug-likeness (QED) is 0.839. The molecule has 0 radical (unpaired) electrons. The Morgan fingerprint density at radius 1 is 1.24 bits per heavy atom. The topological polar surface area (TPSA) is 79.3 Å². The second kappa shape index (κ2) is 7.21. The monoisotopic (exact) mass is 395 g/mol. The minimum absolute atomic E-state index is 0.0859.